The first kappa shape index (κ1) is 10.1. The number of halogens is 1. The highest BCUT2D eigenvalue weighted by Gasteiger charge is 2.10. The zero-order valence-electron chi connectivity index (χ0n) is 8.41. The Balaban J connectivity index is 2.90. The van der Waals surface area contributed by atoms with Crippen LogP contribution in [0, 0.1) is 6.92 Å². The molecular weight excluding hydrogens is 214 g/mol. The fourth-order valence-corrected chi connectivity index (χ4v) is 1.71. The van der Waals surface area contributed by atoms with Crippen molar-refractivity contribution >= 4 is 22.4 Å². The average molecular weight is 224 g/mol. The number of methoxy groups -OCH3 is 1. The highest BCUT2D eigenvalue weighted by Crippen LogP contribution is 2.33. The van der Waals surface area contributed by atoms with Gasteiger partial charge in [0.2, 0.25) is 5.88 Å². The number of rotatable bonds is 1. The van der Waals surface area contributed by atoms with E-state index in [0.717, 1.165) is 10.8 Å². The van der Waals surface area contributed by atoms with Crippen molar-refractivity contribution < 1.29 is 9.84 Å². The Labute approximate surface area is 92.3 Å². The molecule has 1 aromatic heterocycles. The number of pyridine rings is 1. The van der Waals surface area contributed by atoms with Crippen molar-refractivity contribution in [3.63, 3.8) is 0 Å². The number of aryl methyl sites for hydroxylation is 1. The first-order valence-electron chi connectivity index (χ1n) is 4.46. The zero-order chi connectivity index (χ0) is 11.0. The molecule has 1 aromatic carbocycles. The summed E-state index contributed by atoms with van der Waals surface area (Å²) >= 11 is 6.10. The summed E-state index contributed by atoms with van der Waals surface area (Å²) in [6.07, 6.45) is 0. The van der Waals surface area contributed by atoms with E-state index in [2.05, 4.69) is 4.98 Å². The second-order valence-electron chi connectivity index (χ2n) is 3.25. The lowest BCUT2D eigenvalue weighted by Crippen LogP contribution is -1.93. The number of phenols is 1. The van der Waals surface area contributed by atoms with E-state index in [1.165, 1.54) is 0 Å². The van der Waals surface area contributed by atoms with Crippen LogP contribution in [-0.4, -0.2) is 17.2 Å². The summed E-state index contributed by atoms with van der Waals surface area (Å²) in [5.74, 6) is 0.698. The number of ether oxygens (including phenoxy) is 1. The molecule has 3 nitrogen and oxygen atoms in total. The second-order valence-corrected chi connectivity index (χ2v) is 3.63. The second kappa shape index (κ2) is 3.59. The number of aromatic nitrogens is 1. The van der Waals surface area contributed by atoms with Gasteiger partial charge in [0.1, 0.15) is 5.75 Å². The maximum absolute atomic E-state index is 9.39. The van der Waals surface area contributed by atoms with Crippen molar-refractivity contribution in [3.05, 3.63) is 28.9 Å². The maximum atomic E-state index is 9.39. The zero-order valence-corrected chi connectivity index (χ0v) is 9.17. The van der Waals surface area contributed by atoms with E-state index < -0.39 is 0 Å². The van der Waals surface area contributed by atoms with Gasteiger partial charge < -0.3 is 9.84 Å². The molecular formula is C11H10ClNO2. The molecule has 0 unspecified atom stereocenters. The third kappa shape index (κ3) is 1.59. The van der Waals surface area contributed by atoms with E-state index in [0.29, 0.717) is 16.6 Å². The van der Waals surface area contributed by atoms with Crippen LogP contribution in [0.4, 0.5) is 0 Å². The van der Waals surface area contributed by atoms with Crippen molar-refractivity contribution in [1.82, 2.24) is 4.98 Å². The largest absolute Gasteiger partial charge is 0.508 e. The molecule has 78 valence electrons. The number of fused-ring (bicyclic) bond motifs is 1. The van der Waals surface area contributed by atoms with Gasteiger partial charge in [-0.1, -0.05) is 11.6 Å². The van der Waals surface area contributed by atoms with Gasteiger partial charge in [-0.2, -0.15) is 0 Å². The van der Waals surface area contributed by atoms with E-state index in [4.69, 9.17) is 16.3 Å². The molecule has 2 aromatic rings. The van der Waals surface area contributed by atoms with E-state index in [1.807, 2.05) is 0 Å². The first-order valence-corrected chi connectivity index (χ1v) is 4.84. The van der Waals surface area contributed by atoms with E-state index in [9.17, 15) is 5.11 Å². The summed E-state index contributed by atoms with van der Waals surface area (Å²) in [5, 5.41) is 11.5. The highest BCUT2D eigenvalue weighted by molar-refractivity contribution is 6.36. The van der Waals surface area contributed by atoms with Gasteiger partial charge in [0.25, 0.3) is 0 Å². The summed E-state index contributed by atoms with van der Waals surface area (Å²) in [6, 6.07) is 4.93. The Kier molecular flexibility index (Phi) is 2.40. The summed E-state index contributed by atoms with van der Waals surface area (Å²) in [6.45, 7) is 1.80. The number of benzene rings is 1. The molecule has 4 heteroatoms. The lowest BCUT2D eigenvalue weighted by Gasteiger charge is -2.08. The van der Waals surface area contributed by atoms with Crippen molar-refractivity contribution in [2.75, 3.05) is 7.11 Å². The van der Waals surface area contributed by atoms with Gasteiger partial charge in [0.15, 0.2) is 0 Å². The first-order chi connectivity index (χ1) is 7.13. The van der Waals surface area contributed by atoms with Crippen molar-refractivity contribution in [2.24, 2.45) is 0 Å². The fraction of sp³-hybridized carbons (Fsp3) is 0.182. The lowest BCUT2D eigenvalue weighted by molar-refractivity contribution is 0.402. The minimum atomic E-state index is 0.178. The van der Waals surface area contributed by atoms with Crippen LogP contribution in [0.1, 0.15) is 5.69 Å². The monoisotopic (exact) mass is 223 g/mol. The van der Waals surface area contributed by atoms with E-state index >= 15 is 0 Å². The predicted octanol–water partition coefficient (Wildman–Crippen LogP) is 2.91. The summed E-state index contributed by atoms with van der Waals surface area (Å²) in [7, 11) is 1.56. The molecule has 0 saturated heterocycles. The van der Waals surface area contributed by atoms with E-state index in [1.54, 1.807) is 32.2 Å². The molecule has 0 radical (unpaired) electrons. The molecule has 0 spiro atoms. The lowest BCUT2D eigenvalue weighted by atomic mass is 10.1. The van der Waals surface area contributed by atoms with Crippen LogP contribution in [0.25, 0.3) is 10.8 Å². The summed E-state index contributed by atoms with van der Waals surface area (Å²) in [4.78, 5) is 4.21. The van der Waals surface area contributed by atoms with Gasteiger partial charge in [-0.3, -0.25) is 0 Å². The molecule has 0 fully saturated rings. The molecule has 15 heavy (non-hydrogen) atoms. The molecule has 0 aliphatic carbocycles. The van der Waals surface area contributed by atoms with E-state index in [-0.39, 0.29) is 5.75 Å². The number of hydrogen-bond donors (Lipinski definition) is 1. The van der Waals surface area contributed by atoms with Crippen LogP contribution in [-0.2, 0) is 0 Å². The van der Waals surface area contributed by atoms with Gasteiger partial charge in [0.05, 0.1) is 17.8 Å². The van der Waals surface area contributed by atoms with Crippen LogP contribution in [0.15, 0.2) is 18.2 Å². The Hall–Kier alpha value is -1.48. The van der Waals surface area contributed by atoms with Gasteiger partial charge in [-0.15, -0.1) is 0 Å². The average Bonchev–Trinajstić information content (AvgIpc) is 2.23. The molecule has 2 rings (SSSR count). The Morgan fingerprint density at radius 3 is 2.73 bits per heavy atom. The van der Waals surface area contributed by atoms with Crippen LogP contribution in [0.3, 0.4) is 0 Å². The van der Waals surface area contributed by atoms with Crippen LogP contribution in [0.5, 0.6) is 11.6 Å². The van der Waals surface area contributed by atoms with Crippen LogP contribution in [0.2, 0.25) is 5.02 Å². The molecule has 0 amide bonds. The number of hydrogen-bond acceptors (Lipinski definition) is 3. The third-order valence-electron chi connectivity index (χ3n) is 2.25. The van der Waals surface area contributed by atoms with Gasteiger partial charge in [0, 0.05) is 10.8 Å². The molecule has 0 bridgehead atoms. The van der Waals surface area contributed by atoms with Crippen molar-refractivity contribution in [3.8, 4) is 11.6 Å². The van der Waals surface area contributed by atoms with Gasteiger partial charge in [-0.25, -0.2) is 4.98 Å². The molecule has 1 N–H and O–H groups in total. The van der Waals surface area contributed by atoms with Crippen LogP contribution >= 0.6 is 11.6 Å². The quantitative estimate of drug-likeness (QED) is 0.808. The van der Waals surface area contributed by atoms with Crippen molar-refractivity contribution in [1.29, 1.82) is 0 Å². The summed E-state index contributed by atoms with van der Waals surface area (Å²) in [5.41, 5.74) is 0.687. The molecule has 0 saturated carbocycles. The van der Waals surface area contributed by atoms with Gasteiger partial charge in [-0.05, 0) is 25.1 Å². The number of nitrogens with zero attached hydrogens (tertiary/aromatic N) is 1. The topological polar surface area (TPSA) is 42.4 Å². The number of phenolic OH excluding ortho intramolecular Hbond substituents is 1. The van der Waals surface area contributed by atoms with Crippen molar-refractivity contribution in [2.45, 2.75) is 6.92 Å². The minimum absolute atomic E-state index is 0.178. The molecule has 0 aliphatic rings. The Bertz CT molecular complexity index is 525. The Morgan fingerprint density at radius 1 is 1.33 bits per heavy atom. The SMILES string of the molecule is COc1nc(C)c(Cl)c2cc(O)ccc12. The third-order valence-corrected chi connectivity index (χ3v) is 2.73. The summed E-state index contributed by atoms with van der Waals surface area (Å²) < 4.78 is 5.15. The Morgan fingerprint density at radius 2 is 2.07 bits per heavy atom. The normalized spacial score (nSPS) is 10.6. The maximum Gasteiger partial charge on any atom is 0.221 e. The molecule has 1 heterocycles. The number of aromatic hydroxyl groups is 1. The molecule has 0 aliphatic heterocycles. The fourth-order valence-electron chi connectivity index (χ4n) is 1.51. The predicted molar refractivity (Wildman–Crippen MR) is 59.7 cm³/mol. The minimum Gasteiger partial charge on any atom is -0.508 e. The van der Waals surface area contributed by atoms with Gasteiger partial charge >= 0.3 is 0 Å². The smallest absolute Gasteiger partial charge is 0.221 e. The standard InChI is InChI=1S/C11H10ClNO2/c1-6-10(12)9-5-7(14)3-4-8(9)11(13-6)15-2/h3-5,14H,1-2H3. The molecule has 0 atom stereocenters. The highest BCUT2D eigenvalue weighted by atomic mass is 35.5. The van der Waals surface area contributed by atoms with Crippen LogP contribution < -0.4 is 4.74 Å².